The largest absolute Gasteiger partial charge is 0.496 e. The number of carbonyl (C=O) groups excluding carboxylic acids is 1. The van der Waals surface area contributed by atoms with E-state index in [2.05, 4.69) is 15.6 Å². The van der Waals surface area contributed by atoms with Gasteiger partial charge in [-0.05, 0) is 23.8 Å². The van der Waals surface area contributed by atoms with Gasteiger partial charge in [0.1, 0.15) is 17.3 Å². The van der Waals surface area contributed by atoms with E-state index in [0.29, 0.717) is 18.0 Å². The Morgan fingerprint density at radius 1 is 1.24 bits per heavy atom. The maximum Gasteiger partial charge on any atom is 0.274 e. The molecule has 3 heterocycles. The van der Waals surface area contributed by atoms with E-state index < -0.39 is 0 Å². The number of fused-ring (bicyclic) bond motifs is 2. The van der Waals surface area contributed by atoms with E-state index in [1.165, 1.54) is 0 Å². The van der Waals surface area contributed by atoms with Gasteiger partial charge in [-0.25, -0.2) is 9.98 Å². The normalized spacial score (nSPS) is 18.5. The molecule has 29 heavy (non-hydrogen) atoms. The summed E-state index contributed by atoms with van der Waals surface area (Å²) in [6.07, 6.45) is 7.23. The number of amidine groups is 1. The first-order valence-electron chi connectivity index (χ1n) is 9.33. The van der Waals surface area contributed by atoms with Gasteiger partial charge in [0.25, 0.3) is 5.91 Å². The second-order valence-corrected chi connectivity index (χ2v) is 6.81. The summed E-state index contributed by atoms with van der Waals surface area (Å²) in [6.45, 7) is 0. The Balaban J connectivity index is 1.43. The predicted octanol–water partition coefficient (Wildman–Crippen LogP) is 2.69. The van der Waals surface area contributed by atoms with Gasteiger partial charge in [0, 0.05) is 36.2 Å². The number of methoxy groups -OCH3 is 1. The maximum atomic E-state index is 12.9. The quantitative estimate of drug-likeness (QED) is 0.852. The summed E-state index contributed by atoms with van der Waals surface area (Å²) in [6, 6.07) is 14.0. The molecular formula is C22H19N5O2. The highest BCUT2D eigenvalue weighted by Crippen LogP contribution is 2.42. The van der Waals surface area contributed by atoms with Crippen LogP contribution < -0.4 is 15.4 Å². The van der Waals surface area contributed by atoms with E-state index >= 15 is 0 Å². The van der Waals surface area contributed by atoms with Crippen molar-refractivity contribution in [2.24, 2.45) is 9.98 Å². The number of benzene rings is 2. The van der Waals surface area contributed by atoms with E-state index in [-0.39, 0.29) is 12.2 Å². The number of ether oxygens (including phenoxy) is 1. The minimum atomic E-state index is -0.270. The molecule has 0 radical (unpaired) electrons. The molecule has 7 nitrogen and oxygen atoms in total. The number of rotatable bonds is 3. The van der Waals surface area contributed by atoms with Crippen molar-refractivity contribution >= 4 is 23.6 Å². The average molecular weight is 385 g/mol. The van der Waals surface area contributed by atoms with Crippen molar-refractivity contribution < 1.29 is 9.53 Å². The van der Waals surface area contributed by atoms with Crippen molar-refractivity contribution in [1.82, 2.24) is 15.5 Å². The molecule has 0 spiro atoms. The average Bonchev–Trinajstić information content (AvgIpc) is 3.38. The van der Waals surface area contributed by atoms with Crippen LogP contribution in [0.25, 0.3) is 11.1 Å². The first-order valence-corrected chi connectivity index (χ1v) is 9.33. The van der Waals surface area contributed by atoms with Gasteiger partial charge in [0.05, 0.1) is 12.8 Å². The van der Waals surface area contributed by atoms with Gasteiger partial charge in [-0.2, -0.15) is 0 Å². The monoisotopic (exact) mass is 385 g/mol. The number of hydrogen-bond acceptors (Lipinski definition) is 6. The van der Waals surface area contributed by atoms with Crippen LogP contribution in [0.4, 0.5) is 5.69 Å². The molecule has 144 valence electrons. The molecule has 3 aliphatic rings. The Morgan fingerprint density at radius 2 is 2.10 bits per heavy atom. The fourth-order valence-electron chi connectivity index (χ4n) is 3.73. The molecule has 0 aliphatic carbocycles. The molecule has 0 bridgehead atoms. The minimum Gasteiger partial charge on any atom is -0.496 e. The topological polar surface area (TPSA) is 78.3 Å². The van der Waals surface area contributed by atoms with E-state index in [1.807, 2.05) is 48.7 Å². The first-order chi connectivity index (χ1) is 14.2. The molecule has 5 rings (SSSR count). The van der Waals surface area contributed by atoms with Gasteiger partial charge in [-0.1, -0.05) is 30.3 Å². The molecule has 1 atom stereocenters. The standard InChI is InChI=1S/C22H19N5O2/c1-29-18-9-8-15(14-6-3-2-4-7-14)20-16(18)12-19(25-20)26-21(28)17-13-24-22-23-10-5-11-27(17)22/h2-11,13,22,24H,12H2,1H3,(H,25,26,28). The number of allylic oxidation sites excluding steroid dienone is 1. The van der Waals surface area contributed by atoms with Crippen LogP contribution in [0, 0.1) is 0 Å². The highest BCUT2D eigenvalue weighted by atomic mass is 16.5. The zero-order chi connectivity index (χ0) is 19.8. The SMILES string of the molecule is COc1ccc(-c2ccccc2)c2c1CC(NC(=O)C1=CNC3N=CC=CN13)=N2. The molecule has 0 aromatic heterocycles. The third kappa shape index (κ3) is 2.97. The van der Waals surface area contributed by atoms with Gasteiger partial charge >= 0.3 is 0 Å². The summed E-state index contributed by atoms with van der Waals surface area (Å²) in [5.41, 5.74) is 4.40. The summed E-state index contributed by atoms with van der Waals surface area (Å²) in [5.74, 6) is 1.14. The lowest BCUT2D eigenvalue weighted by Gasteiger charge is -2.23. The Labute approximate surface area is 168 Å². The van der Waals surface area contributed by atoms with E-state index in [1.54, 1.807) is 30.5 Å². The van der Waals surface area contributed by atoms with Crippen LogP contribution in [0.2, 0.25) is 0 Å². The summed E-state index contributed by atoms with van der Waals surface area (Å²) in [4.78, 5) is 23.7. The van der Waals surface area contributed by atoms with Crippen LogP contribution in [-0.2, 0) is 11.2 Å². The van der Waals surface area contributed by atoms with Gasteiger partial charge in [-0.15, -0.1) is 0 Å². The number of nitrogens with zero attached hydrogens (tertiary/aromatic N) is 3. The summed E-state index contributed by atoms with van der Waals surface area (Å²) < 4.78 is 5.53. The summed E-state index contributed by atoms with van der Waals surface area (Å²) >= 11 is 0. The van der Waals surface area contributed by atoms with Crippen LogP contribution in [0.15, 0.2) is 76.6 Å². The molecule has 0 saturated heterocycles. The fourth-order valence-corrected chi connectivity index (χ4v) is 3.73. The number of nitrogens with one attached hydrogen (secondary N) is 2. The molecule has 2 aromatic rings. The lowest BCUT2D eigenvalue weighted by Crippen LogP contribution is -2.39. The van der Waals surface area contributed by atoms with Crippen molar-refractivity contribution in [1.29, 1.82) is 0 Å². The second-order valence-electron chi connectivity index (χ2n) is 6.81. The van der Waals surface area contributed by atoms with E-state index in [4.69, 9.17) is 9.73 Å². The van der Waals surface area contributed by atoms with Crippen LogP contribution in [-0.4, -0.2) is 36.3 Å². The van der Waals surface area contributed by atoms with Crippen molar-refractivity contribution in [2.75, 3.05) is 7.11 Å². The van der Waals surface area contributed by atoms with Crippen molar-refractivity contribution in [3.8, 4) is 16.9 Å². The second kappa shape index (κ2) is 6.94. The predicted molar refractivity (Wildman–Crippen MR) is 112 cm³/mol. The zero-order valence-corrected chi connectivity index (χ0v) is 15.8. The first kappa shape index (κ1) is 17.2. The number of aliphatic imine (C=N–C) groups is 2. The van der Waals surface area contributed by atoms with Crippen LogP contribution in [0.5, 0.6) is 5.75 Å². The molecule has 7 heteroatoms. The van der Waals surface area contributed by atoms with Gasteiger partial charge in [0.2, 0.25) is 0 Å². The van der Waals surface area contributed by atoms with Gasteiger partial charge in [-0.3, -0.25) is 4.79 Å². The Hall–Kier alpha value is -3.87. The number of hydrogen-bond donors (Lipinski definition) is 2. The molecule has 1 unspecified atom stereocenters. The van der Waals surface area contributed by atoms with Crippen LogP contribution >= 0.6 is 0 Å². The Bertz CT molecular complexity index is 1100. The fraction of sp³-hybridized carbons (Fsp3) is 0.136. The van der Waals surface area contributed by atoms with Crippen LogP contribution in [0.1, 0.15) is 5.56 Å². The molecule has 0 saturated carbocycles. The summed E-state index contributed by atoms with van der Waals surface area (Å²) in [7, 11) is 1.65. The smallest absolute Gasteiger partial charge is 0.274 e. The number of amides is 1. The third-order valence-corrected chi connectivity index (χ3v) is 5.10. The van der Waals surface area contributed by atoms with Crippen molar-refractivity contribution in [3.05, 3.63) is 72.2 Å². The minimum absolute atomic E-state index is 0.228. The Morgan fingerprint density at radius 3 is 2.93 bits per heavy atom. The zero-order valence-electron chi connectivity index (χ0n) is 15.8. The van der Waals surface area contributed by atoms with Crippen LogP contribution in [0.3, 0.4) is 0 Å². The number of carbonyl (C=O) groups is 1. The van der Waals surface area contributed by atoms with E-state index in [9.17, 15) is 4.79 Å². The van der Waals surface area contributed by atoms with Crippen molar-refractivity contribution in [2.45, 2.75) is 12.7 Å². The lowest BCUT2D eigenvalue weighted by atomic mass is 9.99. The molecular weight excluding hydrogens is 366 g/mol. The molecule has 2 N–H and O–H groups in total. The Kier molecular flexibility index (Phi) is 4.13. The van der Waals surface area contributed by atoms with Crippen molar-refractivity contribution in [3.63, 3.8) is 0 Å². The van der Waals surface area contributed by atoms with Gasteiger partial charge in [0.15, 0.2) is 6.29 Å². The molecule has 3 aliphatic heterocycles. The molecule has 2 aromatic carbocycles. The third-order valence-electron chi connectivity index (χ3n) is 5.10. The summed E-state index contributed by atoms with van der Waals surface area (Å²) in [5, 5.41) is 6.03. The maximum absolute atomic E-state index is 12.9. The van der Waals surface area contributed by atoms with E-state index in [0.717, 1.165) is 28.1 Å². The van der Waals surface area contributed by atoms with Gasteiger partial charge < -0.3 is 20.3 Å². The lowest BCUT2D eigenvalue weighted by molar-refractivity contribution is -0.117. The highest BCUT2D eigenvalue weighted by Gasteiger charge is 2.31. The molecule has 1 amide bonds. The molecule has 0 fully saturated rings. The highest BCUT2D eigenvalue weighted by molar-refractivity contribution is 6.10.